The van der Waals surface area contributed by atoms with Crippen molar-refractivity contribution in [2.24, 2.45) is 0 Å². The molecule has 3 aromatic carbocycles. The molecule has 1 aliphatic rings. The molecule has 0 spiro atoms. The molecule has 0 aliphatic carbocycles. The fourth-order valence-electron chi connectivity index (χ4n) is 4.00. The first-order valence-electron chi connectivity index (χ1n) is 10.6. The lowest BCUT2D eigenvalue weighted by Gasteiger charge is -2.16. The van der Waals surface area contributed by atoms with E-state index in [1.165, 1.54) is 5.56 Å². The molecule has 0 saturated carbocycles. The van der Waals surface area contributed by atoms with Crippen LogP contribution in [0.15, 0.2) is 83.4 Å². The van der Waals surface area contributed by atoms with Crippen LogP contribution in [0, 0.1) is 0 Å². The monoisotopic (exact) mass is 409 g/mol. The first-order chi connectivity index (χ1) is 15.2. The van der Waals surface area contributed by atoms with Crippen LogP contribution in [0.3, 0.4) is 0 Å². The van der Waals surface area contributed by atoms with Crippen molar-refractivity contribution in [2.45, 2.75) is 25.7 Å². The number of anilines is 1. The van der Waals surface area contributed by atoms with Crippen molar-refractivity contribution in [3.8, 4) is 22.6 Å². The van der Waals surface area contributed by atoms with Crippen molar-refractivity contribution >= 4 is 11.6 Å². The molecule has 5 heteroatoms. The van der Waals surface area contributed by atoms with Gasteiger partial charge in [-0.25, -0.2) is 0 Å². The van der Waals surface area contributed by atoms with Gasteiger partial charge in [0.25, 0.3) is 5.89 Å². The summed E-state index contributed by atoms with van der Waals surface area (Å²) in [5, 5.41) is 4.18. The highest BCUT2D eigenvalue weighted by Gasteiger charge is 2.34. The van der Waals surface area contributed by atoms with E-state index in [-0.39, 0.29) is 11.8 Å². The molecular weight excluding hydrogens is 386 g/mol. The van der Waals surface area contributed by atoms with Gasteiger partial charge in [-0.1, -0.05) is 66.7 Å². The third-order valence-corrected chi connectivity index (χ3v) is 5.83. The fraction of sp³-hybridized carbons (Fsp3) is 0.192. The van der Waals surface area contributed by atoms with Crippen LogP contribution >= 0.6 is 0 Å². The quantitative estimate of drug-likeness (QED) is 0.437. The van der Waals surface area contributed by atoms with Gasteiger partial charge in [0.2, 0.25) is 5.91 Å². The Bertz CT molecular complexity index is 1180. The summed E-state index contributed by atoms with van der Waals surface area (Å²) in [5.74, 6) is 1.09. The zero-order chi connectivity index (χ0) is 21.2. The van der Waals surface area contributed by atoms with Gasteiger partial charge in [0.15, 0.2) is 5.82 Å². The average Bonchev–Trinajstić information content (AvgIpc) is 3.47. The summed E-state index contributed by atoms with van der Waals surface area (Å²) in [6, 6.07) is 26.5. The number of rotatable bonds is 5. The van der Waals surface area contributed by atoms with E-state index >= 15 is 0 Å². The normalized spacial score (nSPS) is 16.1. The molecule has 1 saturated heterocycles. The first-order valence-corrected chi connectivity index (χ1v) is 10.6. The van der Waals surface area contributed by atoms with Gasteiger partial charge < -0.3 is 9.42 Å². The molecule has 4 aromatic rings. The minimum Gasteiger partial charge on any atom is -0.334 e. The van der Waals surface area contributed by atoms with Crippen LogP contribution in [-0.2, 0) is 11.2 Å². The smallest absolute Gasteiger partial charge is 0.257 e. The zero-order valence-corrected chi connectivity index (χ0v) is 17.4. The first kappa shape index (κ1) is 19.2. The lowest BCUT2D eigenvalue weighted by atomic mass is 10.0. The molecule has 1 atom stereocenters. The number of carbonyl (C=O) groups excluding carboxylic acids is 1. The van der Waals surface area contributed by atoms with Crippen molar-refractivity contribution < 1.29 is 9.32 Å². The summed E-state index contributed by atoms with van der Waals surface area (Å²) >= 11 is 0. The fourth-order valence-corrected chi connectivity index (χ4v) is 4.00. The number of carbonyl (C=O) groups is 1. The second-order valence-electron chi connectivity index (χ2n) is 7.83. The van der Waals surface area contributed by atoms with Crippen molar-refractivity contribution in [1.29, 1.82) is 0 Å². The van der Waals surface area contributed by atoms with Gasteiger partial charge in [0, 0.05) is 30.1 Å². The summed E-state index contributed by atoms with van der Waals surface area (Å²) in [4.78, 5) is 19.0. The average molecular weight is 409 g/mol. The summed E-state index contributed by atoms with van der Waals surface area (Å²) < 4.78 is 5.52. The topological polar surface area (TPSA) is 59.2 Å². The molecule has 5 nitrogen and oxygen atoms in total. The summed E-state index contributed by atoms with van der Waals surface area (Å²) in [5.41, 5.74) is 5.35. The minimum absolute atomic E-state index is 0.0700. The van der Waals surface area contributed by atoms with Gasteiger partial charge in [-0.3, -0.25) is 4.79 Å². The van der Waals surface area contributed by atoms with E-state index in [4.69, 9.17) is 4.52 Å². The lowest BCUT2D eigenvalue weighted by molar-refractivity contribution is -0.117. The summed E-state index contributed by atoms with van der Waals surface area (Å²) in [7, 11) is 0. The Kier molecular flexibility index (Phi) is 5.08. The maximum Gasteiger partial charge on any atom is 0.257 e. The van der Waals surface area contributed by atoms with Gasteiger partial charge in [-0.05, 0) is 47.4 Å². The number of aryl methyl sites for hydroxylation is 1. The Balaban J connectivity index is 1.32. The third kappa shape index (κ3) is 3.87. The lowest BCUT2D eigenvalue weighted by Crippen LogP contribution is -2.24. The number of hydrogen-bond acceptors (Lipinski definition) is 4. The van der Waals surface area contributed by atoms with E-state index in [1.807, 2.05) is 47.4 Å². The molecule has 2 heterocycles. The highest BCUT2D eigenvalue weighted by atomic mass is 16.5. The Hall–Kier alpha value is -3.73. The second kappa shape index (κ2) is 8.19. The zero-order valence-electron chi connectivity index (χ0n) is 17.4. The van der Waals surface area contributed by atoms with Crippen LogP contribution in [0.2, 0.25) is 0 Å². The molecule has 31 heavy (non-hydrogen) atoms. The third-order valence-electron chi connectivity index (χ3n) is 5.83. The molecule has 1 fully saturated rings. The van der Waals surface area contributed by atoms with Crippen LogP contribution in [0.4, 0.5) is 5.69 Å². The molecule has 1 aromatic heterocycles. The molecule has 0 unspecified atom stereocenters. The molecule has 0 N–H and O–H groups in total. The molecule has 1 amide bonds. The van der Waals surface area contributed by atoms with Crippen LogP contribution in [0.25, 0.3) is 22.6 Å². The van der Waals surface area contributed by atoms with Gasteiger partial charge in [-0.15, -0.1) is 0 Å². The minimum atomic E-state index is -0.0700. The molecule has 0 radical (unpaired) electrons. The standard InChI is InChI=1S/C26H23N3O2/c1-2-18-8-14-23(15-9-18)29-17-22(16-24(29)30)25-27-26(31-28-25)21-12-10-20(11-13-21)19-6-4-3-5-7-19/h3-15,22H,2,16-17H2,1H3/t22-/m0/s1. The molecule has 5 rings (SSSR count). The number of nitrogens with zero attached hydrogens (tertiary/aromatic N) is 3. The summed E-state index contributed by atoms with van der Waals surface area (Å²) in [6.45, 7) is 2.69. The highest BCUT2D eigenvalue weighted by molar-refractivity contribution is 5.96. The van der Waals surface area contributed by atoms with Crippen molar-refractivity contribution in [3.63, 3.8) is 0 Å². The number of hydrogen-bond donors (Lipinski definition) is 0. The predicted octanol–water partition coefficient (Wildman–Crippen LogP) is 5.49. The highest BCUT2D eigenvalue weighted by Crippen LogP contribution is 2.32. The van der Waals surface area contributed by atoms with Crippen LogP contribution in [-0.4, -0.2) is 22.6 Å². The molecule has 154 valence electrons. The predicted molar refractivity (Wildman–Crippen MR) is 121 cm³/mol. The Labute approximate surface area is 181 Å². The molecular formula is C26H23N3O2. The SMILES string of the molecule is CCc1ccc(N2C[C@@H](c3noc(-c4ccc(-c5ccccc5)cc4)n3)CC2=O)cc1. The maximum atomic E-state index is 12.6. The van der Waals surface area contributed by atoms with Crippen molar-refractivity contribution in [3.05, 3.63) is 90.3 Å². The Morgan fingerprint density at radius 3 is 2.29 bits per heavy atom. The van der Waals surface area contributed by atoms with E-state index in [9.17, 15) is 4.79 Å². The Morgan fingerprint density at radius 1 is 0.903 bits per heavy atom. The molecule has 1 aliphatic heterocycles. The van der Waals surface area contributed by atoms with E-state index in [1.54, 1.807) is 0 Å². The van der Waals surface area contributed by atoms with Gasteiger partial charge in [-0.2, -0.15) is 4.98 Å². The number of aromatic nitrogens is 2. The molecule has 0 bridgehead atoms. The van der Waals surface area contributed by atoms with E-state index in [0.717, 1.165) is 28.8 Å². The van der Waals surface area contributed by atoms with Crippen LogP contribution in [0.5, 0.6) is 0 Å². The van der Waals surface area contributed by atoms with Crippen LogP contribution < -0.4 is 4.90 Å². The number of benzene rings is 3. The second-order valence-corrected chi connectivity index (χ2v) is 7.83. The van der Waals surface area contributed by atoms with E-state index < -0.39 is 0 Å². The maximum absolute atomic E-state index is 12.6. The largest absolute Gasteiger partial charge is 0.334 e. The van der Waals surface area contributed by atoms with Gasteiger partial charge >= 0.3 is 0 Å². The van der Waals surface area contributed by atoms with Gasteiger partial charge in [0.05, 0.1) is 0 Å². The summed E-state index contributed by atoms with van der Waals surface area (Å²) in [6.07, 6.45) is 1.37. The number of amides is 1. The van der Waals surface area contributed by atoms with Gasteiger partial charge in [0.1, 0.15) is 0 Å². The van der Waals surface area contributed by atoms with Crippen molar-refractivity contribution in [1.82, 2.24) is 10.1 Å². The van der Waals surface area contributed by atoms with E-state index in [0.29, 0.717) is 24.7 Å². The van der Waals surface area contributed by atoms with Crippen molar-refractivity contribution in [2.75, 3.05) is 11.4 Å². The Morgan fingerprint density at radius 2 is 1.58 bits per heavy atom. The van der Waals surface area contributed by atoms with Crippen LogP contribution in [0.1, 0.15) is 30.7 Å². The van der Waals surface area contributed by atoms with E-state index in [2.05, 4.69) is 53.5 Å².